The summed E-state index contributed by atoms with van der Waals surface area (Å²) in [6.07, 6.45) is 6.63. The molecule has 5 heteroatoms. The summed E-state index contributed by atoms with van der Waals surface area (Å²) in [6, 6.07) is 0.729. The third-order valence-electron chi connectivity index (χ3n) is 5.10. The van der Waals surface area contributed by atoms with Gasteiger partial charge < -0.3 is 15.0 Å². The maximum Gasteiger partial charge on any atom is 0.193 e. The van der Waals surface area contributed by atoms with E-state index in [1.165, 1.54) is 25.8 Å². The highest BCUT2D eigenvalue weighted by Crippen LogP contribution is 2.20. The molecular formula is C19H38N4O. The molecule has 2 fully saturated rings. The third-order valence-corrected chi connectivity index (χ3v) is 5.10. The fourth-order valence-electron chi connectivity index (χ4n) is 3.82. The number of hydrogen-bond donors (Lipinski definition) is 1. The van der Waals surface area contributed by atoms with Crippen molar-refractivity contribution in [1.29, 1.82) is 0 Å². The van der Waals surface area contributed by atoms with Gasteiger partial charge in [0.1, 0.15) is 0 Å². The van der Waals surface area contributed by atoms with Crippen molar-refractivity contribution in [2.45, 2.75) is 77.5 Å². The van der Waals surface area contributed by atoms with E-state index in [1.807, 2.05) is 7.05 Å². The molecule has 5 nitrogen and oxygen atoms in total. The molecule has 2 heterocycles. The molecule has 2 aliphatic rings. The molecule has 0 aromatic rings. The second-order valence-electron chi connectivity index (χ2n) is 8.27. The van der Waals surface area contributed by atoms with E-state index >= 15 is 0 Å². The van der Waals surface area contributed by atoms with E-state index in [0.29, 0.717) is 6.10 Å². The van der Waals surface area contributed by atoms with Gasteiger partial charge in [-0.1, -0.05) is 6.42 Å². The van der Waals surface area contributed by atoms with Crippen LogP contribution < -0.4 is 5.32 Å². The van der Waals surface area contributed by atoms with Gasteiger partial charge in [-0.25, -0.2) is 0 Å². The summed E-state index contributed by atoms with van der Waals surface area (Å²) in [7, 11) is 1.89. The van der Waals surface area contributed by atoms with Crippen LogP contribution in [0.1, 0.15) is 59.8 Å². The van der Waals surface area contributed by atoms with Gasteiger partial charge >= 0.3 is 0 Å². The van der Waals surface area contributed by atoms with Gasteiger partial charge in [0.05, 0.1) is 11.7 Å². The smallest absolute Gasteiger partial charge is 0.193 e. The lowest BCUT2D eigenvalue weighted by Gasteiger charge is -2.37. The van der Waals surface area contributed by atoms with Crippen molar-refractivity contribution in [2.75, 3.05) is 39.8 Å². The second kappa shape index (κ2) is 9.04. The molecule has 1 N–H and O–H groups in total. The zero-order valence-electron chi connectivity index (χ0n) is 16.5. The lowest BCUT2D eigenvalue weighted by molar-refractivity contribution is -0.0772. The maximum atomic E-state index is 6.12. The Morgan fingerprint density at radius 2 is 1.83 bits per heavy atom. The van der Waals surface area contributed by atoms with Gasteiger partial charge in [-0.2, -0.15) is 0 Å². The van der Waals surface area contributed by atoms with Gasteiger partial charge in [-0.05, 0) is 59.9 Å². The van der Waals surface area contributed by atoms with E-state index in [-0.39, 0.29) is 5.60 Å². The van der Waals surface area contributed by atoms with Crippen molar-refractivity contribution in [3.63, 3.8) is 0 Å². The molecule has 0 aliphatic carbocycles. The number of ether oxygens (including phenoxy) is 1. The van der Waals surface area contributed by atoms with Crippen molar-refractivity contribution in [3.8, 4) is 0 Å². The average Bonchev–Trinajstić information content (AvgIpc) is 2.53. The predicted octanol–water partition coefficient (Wildman–Crippen LogP) is 2.72. The van der Waals surface area contributed by atoms with Crippen LogP contribution in [-0.2, 0) is 4.74 Å². The molecule has 24 heavy (non-hydrogen) atoms. The van der Waals surface area contributed by atoms with Gasteiger partial charge in [-0.15, -0.1) is 0 Å². The summed E-state index contributed by atoms with van der Waals surface area (Å²) < 4.78 is 6.12. The maximum absolute atomic E-state index is 6.12. The number of aliphatic imine (C=N–C) groups is 1. The minimum absolute atomic E-state index is 0.0438. The largest absolute Gasteiger partial charge is 0.372 e. The highest BCUT2D eigenvalue weighted by Gasteiger charge is 2.25. The number of guanidine groups is 1. The van der Waals surface area contributed by atoms with Crippen LogP contribution in [-0.4, -0.2) is 73.3 Å². The van der Waals surface area contributed by atoms with E-state index in [0.717, 1.165) is 51.0 Å². The summed E-state index contributed by atoms with van der Waals surface area (Å²) in [5.41, 5.74) is -0.0438. The summed E-state index contributed by atoms with van der Waals surface area (Å²) in [6.45, 7) is 14.2. The number of likely N-dealkylation sites (tertiary alicyclic amines) is 2. The van der Waals surface area contributed by atoms with Crippen molar-refractivity contribution in [2.24, 2.45) is 4.99 Å². The van der Waals surface area contributed by atoms with Crippen molar-refractivity contribution in [3.05, 3.63) is 0 Å². The highest BCUT2D eigenvalue weighted by molar-refractivity contribution is 5.79. The first-order valence-corrected chi connectivity index (χ1v) is 9.76. The number of hydrogen-bond acceptors (Lipinski definition) is 3. The van der Waals surface area contributed by atoms with E-state index in [4.69, 9.17) is 4.74 Å². The van der Waals surface area contributed by atoms with Gasteiger partial charge in [0.2, 0.25) is 0 Å². The van der Waals surface area contributed by atoms with E-state index < -0.39 is 0 Å². The lowest BCUT2D eigenvalue weighted by Crippen LogP contribution is -2.50. The van der Waals surface area contributed by atoms with Crippen molar-refractivity contribution in [1.82, 2.24) is 15.1 Å². The SMILES string of the molecule is CN=C(NCCN1CCCCC1C)N1CCC(OC(C)(C)C)CC1. The topological polar surface area (TPSA) is 40.1 Å². The van der Waals surface area contributed by atoms with Crippen LogP contribution in [0.15, 0.2) is 4.99 Å². The fourth-order valence-corrected chi connectivity index (χ4v) is 3.82. The quantitative estimate of drug-likeness (QED) is 0.632. The Bertz CT molecular complexity index is 397. The normalized spacial score (nSPS) is 25.1. The lowest BCUT2D eigenvalue weighted by atomic mass is 10.0. The van der Waals surface area contributed by atoms with Crippen LogP contribution in [0.4, 0.5) is 0 Å². The zero-order valence-corrected chi connectivity index (χ0v) is 16.5. The van der Waals surface area contributed by atoms with Crippen LogP contribution in [0.3, 0.4) is 0 Å². The van der Waals surface area contributed by atoms with Crippen molar-refractivity contribution >= 4 is 5.96 Å². The molecule has 1 unspecified atom stereocenters. The Kier molecular flexibility index (Phi) is 7.35. The monoisotopic (exact) mass is 338 g/mol. The molecule has 2 rings (SSSR count). The standard InChI is InChI=1S/C19H38N4O/c1-16-8-6-7-12-22(16)15-11-21-18(20-5)23-13-9-17(10-14-23)24-19(2,3)4/h16-17H,6-15H2,1-5H3,(H,20,21). The molecule has 140 valence electrons. The first-order chi connectivity index (χ1) is 11.4. The summed E-state index contributed by atoms with van der Waals surface area (Å²) in [4.78, 5) is 9.47. The molecular weight excluding hydrogens is 300 g/mol. The number of nitrogens with zero attached hydrogens (tertiary/aromatic N) is 3. The number of nitrogens with one attached hydrogen (secondary N) is 1. The third kappa shape index (κ3) is 6.25. The van der Waals surface area contributed by atoms with Crippen LogP contribution >= 0.6 is 0 Å². The van der Waals surface area contributed by atoms with Crippen LogP contribution in [0.25, 0.3) is 0 Å². The Morgan fingerprint density at radius 1 is 1.12 bits per heavy atom. The Balaban J connectivity index is 1.71. The van der Waals surface area contributed by atoms with Crippen LogP contribution in [0.5, 0.6) is 0 Å². The first-order valence-electron chi connectivity index (χ1n) is 9.76. The van der Waals surface area contributed by atoms with Crippen molar-refractivity contribution < 1.29 is 4.74 Å². The molecule has 1 atom stereocenters. The zero-order chi connectivity index (χ0) is 17.6. The average molecular weight is 339 g/mol. The van der Waals surface area contributed by atoms with Gasteiger partial charge in [-0.3, -0.25) is 9.89 Å². The number of piperidine rings is 2. The first kappa shape index (κ1) is 19.5. The van der Waals surface area contributed by atoms with E-state index in [2.05, 4.69) is 47.8 Å². The van der Waals surface area contributed by atoms with Gasteiger partial charge in [0.15, 0.2) is 5.96 Å². The molecule has 0 saturated carbocycles. The second-order valence-corrected chi connectivity index (χ2v) is 8.27. The molecule has 0 radical (unpaired) electrons. The highest BCUT2D eigenvalue weighted by atomic mass is 16.5. The minimum atomic E-state index is -0.0438. The predicted molar refractivity (Wildman–Crippen MR) is 102 cm³/mol. The Hall–Kier alpha value is -0.810. The van der Waals surface area contributed by atoms with E-state index in [9.17, 15) is 0 Å². The summed E-state index contributed by atoms with van der Waals surface area (Å²) in [5.74, 6) is 1.05. The Morgan fingerprint density at radius 3 is 2.42 bits per heavy atom. The molecule has 0 bridgehead atoms. The fraction of sp³-hybridized carbons (Fsp3) is 0.947. The molecule has 2 aliphatic heterocycles. The number of rotatable bonds is 4. The molecule has 2 saturated heterocycles. The van der Waals surface area contributed by atoms with Gasteiger partial charge in [0, 0.05) is 39.3 Å². The minimum Gasteiger partial charge on any atom is -0.372 e. The summed E-state index contributed by atoms with van der Waals surface area (Å²) >= 11 is 0. The van der Waals surface area contributed by atoms with Gasteiger partial charge in [0.25, 0.3) is 0 Å². The summed E-state index contributed by atoms with van der Waals surface area (Å²) in [5, 5.41) is 3.56. The Labute approximate surface area is 148 Å². The molecule has 0 spiro atoms. The van der Waals surface area contributed by atoms with E-state index in [1.54, 1.807) is 0 Å². The molecule has 0 amide bonds. The van der Waals surface area contributed by atoms with Crippen LogP contribution in [0.2, 0.25) is 0 Å². The van der Waals surface area contributed by atoms with Crippen LogP contribution in [0, 0.1) is 0 Å². The molecule has 0 aromatic carbocycles. The molecule has 0 aromatic heterocycles.